The molecule has 0 unspecified atom stereocenters. The fourth-order valence-corrected chi connectivity index (χ4v) is 1.62. The summed E-state index contributed by atoms with van der Waals surface area (Å²) in [5.41, 5.74) is 1.19. The average Bonchev–Trinajstić information content (AvgIpc) is 2.37. The van der Waals surface area contributed by atoms with E-state index >= 15 is 0 Å². The maximum atomic E-state index is 13.3. The van der Waals surface area contributed by atoms with Gasteiger partial charge in [0.15, 0.2) is 0 Å². The van der Waals surface area contributed by atoms with E-state index in [4.69, 9.17) is 5.26 Å². The number of nitrogens with one attached hydrogen (secondary N) is 1. The molecule has 1 N–H and O–H groups in total. The van der Waals surface area contributed by atoms with Crippen LogP contribution in [0.4, 0.5) is 14.5 Å². The number of rotatable bonds is 3. The third-order valence-corrected chi connectivity index (χ3v) is 2.44. The van der Waals surface area contributed by atoms with Crippen LogP contribution in [0.5, 0.6) is 0 Å². The Hall–Kier alpha value is -2.41. The van der Waals surface area contributed by atoms with Gasteiger partial charge in [0.25, 0.3) is 0 Å². The molecular weight excluding hydrogens is 234 g/mol. The maximum absolute atomic E-state index is 13.3. The van der Waals surface area contributed by atoms with Crippen molar-refractivity contribution in [3.8, 4) is 6.07 Å². The topological polar surface area (TPSA) is 35.8 Å². The van der Waals surface area contributed by atoms with Crippen LogP contribution in [0.15, 0.2) is 42.5 Å². The van der Waals surface area contributed by atoms with Crippen LogP contribution in [-0.2, 0) is 6.54 Å². The Balaban J connectivity index is 2.14. The highest BCUT2D eigenvalue weighted by atomic mass is 19.1. The third kappa shape index (κ3) is 2.83. The van der Waals surface area contributed by atoms with Gasteiger partial charge in [-0.2, -0.15) is 5.26 Å². The van der Waals surface area contributed by atoms with Gasteiger partial charge in [0.05, 0.1) is 17.3 Å². The molecule has 90 valence electrons. The fraction of sp³-hybridized carbons (Fsp3) is 0.0714. The molecule has 0 bridgehead atoms. The first-order chi connectivity index (χ1) is 8.69. The molecule has 0 aliphatic rings. The van der Waals surface area contributed by atoms with E-state index in [1.807, 2.05) is 6.07 Å². The molecule has 0 saturated carbocycles. The molecule has 0 atom stereocenters. The fourth-order valence-electron chi connectivity index (χ4n) is 1.62. The molecule has 4 heteroatoms. The first kappa shape index (κ1) is 12.1. The van der Waals surface area contributed by atoms with E-state index in [0.717, 1.165) is 6.07 Å². The zero-order valence-corrected chi connectivity index (χ0v) is 9.45. The van der Waals surface area contributed by atoms with Crippen molar-refractivity contribution < 1.29 is 8.78 Å². The van der Waals surface area contributed by atoms with Crippen LogP contribution >= 0.6 is 0 Å². The van der Waals surface area contributed by atoms with Gasteiger partial charge in [0.2, 0.25) is 0 Å². The van der Waals surface area contributed by atoms with E-state index in [1.54, 1.807) is 24.3 Å². The number of nitriles is 1. The summed E-state index contributed by atoms with van der Waals surface area (Å²) in [5, 5.41) is 11.6. The van der Waals surface area contributed by atoms with Gasteiger partial charge in [-0.25, -0.2) is 8.78 Å². The highest BCUT2D eigenvalue weighted by Gasteiger charge is 2.03. The lowest BCUT2D eigenvalue weighted by molar-refractivity contribution is 0.624. The maximum Gasteiger partial charge on any atom is 0.146 e. The molecule has 2 rings (SSSR count). The number of para-hydroxylation sites is 1. The number of benzene rings is 2. The summed E-state index contributed by atoms with van der Waals surface area (Å²) in [6.45, 7) is 0.257. The number of hydrogen-bond acceptors (Lipinski definition) is 2. The Labute approximate surface area is 103 Å². The number of hydrogen-bond donors (Lipinski definition) is 1. The highest BCUT2D eigenvalue weighted by Crippen LogP contribution is 2.15. The molecule has 18 heavy (non-hydrogen) atoms. The van der Waals surface area contributed by atoms with Crippen LogP contribution in [0.2, 0.25) is 0 Å². The van der Waals surface area contributed by atoms with E-state index in [1.165, 1.54) is 12.1 Å². The van der Waals surface area contributed by atoms with E-state index in [2.05, 4.69) is 5.32 Å². The Bertz CT molecular complexity index is 603. The normalized spacial score (nSPS) is 9.83. The van der Waals surface area contributed by atoms with E-state index in [0.29, 0.717) is 11.3 Å². The first-order valence-corrected chi connectivity index (χ1v) is 5.37. The zero-order chi connectivity index (χ0) is 13.0. The molecule has 0 aromatic heterocycles. The SMILES string of the molecule is N#Cc1cc(F)cc(CNc2ccccc2F)c1. The Morgan fingerprint density at radius 3 is 2.61 bits per heavy atom. The second kappa shape index (κ2) is 5.28. The van der Waals surface area contributed by atoms with E-state index in [9.17, 15) is 8.78 Å². The van der Waals surface area contributed by atoms with Crippen molar-refractivity contribution in [3.63, 3.8) is 0 Å². The molecule has 0 aliphatic carbocycles. The van der Waals surface area contributed by atoms with Crippen molar-refractivity contribution >= 4 is 5.69 Å². The second-order valence-corrected chi connectivity index (χ2v) is 3.79. The summed E-state index contributed by atoms with van der Waals surface area (Å²) in [6, 6.07) is 12.2. The molecule has 2 aromatic carbocycles. The Kier molecular flexibility index (Phi) is 3.54. The van der Waals surface area contributed by atoms with Crippen LogP contribution in [0.25, 0.3) is 0 Å². The van der Waals surface area contributed by atoms with E-state index in [-0.39, 0.29) is 17.9 Å². The van der Waals surface area contributed by atoms with E-state index < -0.39 is 5.82 Å². The molecular formula is C14H10F2N2. The van der Waals surface area contributed by atoms with Crippen LogP contribution in [0.3, 0.4) is 0 Å². The molecule has 0 spiro atoms. The number of halogens is 2. The van der Waals surface area contributed by atoms with Gasteiger partial charge in [-0.3, -0.25) is 0 Å². The third-order valence-electron chi connectivity index (χ3n) is 2.44. The Morgan fingerprint density at radius 2 is 1.89 bits per heavy atom. The molecule has 2 aromatic rings. The second-order valence-electron chi connectivity index (χ2n) is 3.79. The summed E-state index contributed by atoms with van der Waals surface area (Å²) in [4.78, 5) is 0. The number of nitrogens with zero attached hydrogens (tertiary/aromatic N) is 1. The summed E-state index contributed by atoms with van der Waals surface area (Å²) in [5.74, 6) is -0.839. The van der Waals surface area contributed by atoms with Gasteiger partial charge in [-0.15, -0.1) is 0 Å². The summed E-state index contributed by atoms with van der Waals surface area (Å²) >= 11 is 0. The van der Waals surface area contributed by atoms with Crippen LogP contribution < -0.4 is 5.32 Å². The lowest BCUT2D eigenvalue weighted by Gasteiger charge is -2.07. The summed E-state index contributed by atoms with van der Waals surface area (Å²) in [7, 11) is 0. The standard InChI is InChI=1S/C14H10F2N2/c15-12-6-10(8-17)5-11(7-12)9-18-14-4-2-1-3-13(14)16/h1-7,18H,9H2. The predicted molar refractivity (Wildman–Crippen MR) is 64.8 cm³/mol. The van der Waals surface area contributed by atoms with Gasteiger partial charge in [0.1, 0.15) is 11.6 Å². The smallest absolute Gasteiger partial charge is 0.146 e. The van der Waals surface area contributed by atoms with Crippen molar-refractivity contribution in [3.05, 3.63) is 65.2 Å². The van der Waals surface area contributed by atoms with Crippen LogP contribution in [0, 0.1) is 23.0 Å². The predicted octanol–water partition coefficient (Wildman–Crippen LogP) is 3.45. The van der Waals surface area contributed by atoms with Gasteiger partial charge in [0, 0.05) is 6.54 Å². The molecule has 0 heterocycles. The largest absolute Gasteiger partial charge is 0.379 e. The minimum Gasteiger partial charge on any atom is -0.379 e. The lowest BCUT2D eigenvalue weighted by atomic mass is 10.1. The van der Waals surface area contributed by atoms with Crippen molar-refractivity contribution in [2.75, 3.05) is 5.32 Å². The molecule has 0 amide bonds. The average molecular weight is 244 g/mol. The van der Waals surface area contributed by atoms with Gasteiger partial charge < -0.3 is 5.32 Å². The zero-order valence-electron chi connectivity index (χ0n) is 9.45. The molecule has 0 aliphatic heterocycles. The Morgan fingerprint density at radius 1 is 1.11 bits per heavy atom. The van der Waals surface area contributed by atoms with Gasteiger partial charge >= 0.3 is 0 Å². The van der Waals surface area contributed by atoms with Crippen molar-refractivity contribution in [2.45, 2.75) is 6.54 Å². The number of anilines is 1. The summed E-state index contributed by atoms with van der Waals surface area (Å²) in [6.07, 6.45) is 0. The highest BCUT2D eigenvalue weighted by molar-refractivity contribution is 5.45. The van der Waals surface area contributed by atoms with Gasteiger partial charge in [-0.05, 0) is 35.9 Å². The first-order valence-electron chi connectivity index (χ1n) is 5.37. The molecule has 0 saturated heterocycles. The monoisotopic (exact) mass is 244 g/mol. The summed E-state index contributed by atoms with van der Waals surface area (Å²) < 4.78 is 26.5. The molecule has 0 fully saturated rings. The lowest BCUT2D eigenvalue weighted by Crippen LogP contribution is -2.02. The van der Waals surface area contributed by atoms with Crippen molar-refractivity contribution in [1.82, 2.24) is 0 Å². The van der Waals surface area contributed by atoms with Crippen molar-refractivity contribution in [1.29, 1.82) is 5.26 Å². The van der Waals surface area contributed by atoms with Crippen LogP contribution in [0.1, 0.15) is 11.1 Å². The molecule has 2 nitrogen and oxygen atoms in total. The van der Waals surface area contributed by atoms with Gasteiger partial charge in [-0.1, -0.05) is 12.1 Å². The minimum atomic E-state index is -0.473. The van der Waals surface area contributed by atoms with Crippen molar-refractivity contribution in [2.24, 2.45) is 0 Å². The van der Waals surface area contributed by atoms with Crippen LogP contribution in [-0.4, -0.2) is 0 Å². The molecule has 0 radical (unpaired) electrons. The quantitative estimate of drug-likeness (QED) is 0.897. The minimum absolute atomic E-state index is 0.250.